The number of hydrogen-bond donors (Lipinski definition) is 0. The average Bonchev–Trinajstić information content (AvgIpc) is 3.53. The number of benzene rings is 2. The third kappa shape index (κ3) is 3.84. The Balaban J connectivity index is 1.41. The molecule has 0 N–H and O–H groups in total. The SMILES string of the molecule is CC1(C)CN(C(=O)C2CC(=O)N(c3cccc(C#N)c3)C2)c2cc(Cl)c(Cn3ccnc3)cc21. The summed E-state index contributed by atoms with van der Waals surface area (Å²) in [6, 6.07) is 13.0. The Morgan fingerprint density at radius 1 is 1.29 bits per heavy atom. The number of carbonyl (C=O) groups excluding carboxylic acids is 2. The number of amides is 2. The Bertz CT molecular complexity index is 1330. The Labute approximate surface area is 203 Å². The number of fused-ring (bicyclic) bond motifs is 1. The van der Waals surface area contributed by atoms with Crippen molar-refractivity contribution in [3.63, 3.8) is 0 Å². The lowest BCUT2D eigenvalue weighted by Gasteiger charge is -2.24. The molecule has 2 aliphatic rings. The molecular formula is C26H24ClN5O2. The summed E-state index contributed by atoms with van der Waals surface area (Å²) in [5.74, 6) is -0.636. The number of nitriles is 1. The summed E-state index contributed by atoms with van der Waals surface area (Å²) >= 11 is 6.64. The number of aromatic nitrogens is 2. The van der Waals surface area contributed by atoms with E-state index in [2.05, 4.69) is 31.0 Å². The van der Waals surface area contributed by atoms with Crippen LogP contribution in [0.25, 0.3) is 0 Å². The molecule has 172 valence electrons. The van der Waals surface area contributed by atoms with Crippen LogP contribution in [0.5, 0.6) is 0 Å². The highest BCUT2D eigenvalue weighted by Crippen LogP contribution is 2.44. The van der Waals surface area contributed by atoms with E-state index in [-0.39, 0.29) is 23.7 Å². The summed E-state index contributed by atoms with van der Waals surface area (Å²) in [6.45, 7) is 5.66. The zero-order valence-corrected chi connectivity index (χ0v) is 19.8. The maximum atomic E-state index is 13.6. The molecule has 0 radical (unpaired) electrons. The van der Waals surface area contributed by atoms with Gasteiger partial charge in [-0.2, -0.15) is 5.26 Å². The van der Waals surface area contributed by atoms with Crippen molar-refractivity contribution < 1.29 is 9.59 Å². The number of hydrogen-bond acceptors (Lipinski definition) is 4. The second kappa shape index (κ2) is 8.30. The maximum absolute atomic E-state index is 13.6. The lowest BCUT2D eigenvalue weighted by molar-refractivity contribution is -0.124. The lowest BCUT2D eigenvalue weighted by Crippen LogP contribution is -2.39. The normalized spacial score (nSPS) is 18.8. The molecule has 0 bridgehead atoms. The first-order valence-electron chi connectivity index (χ1n) is 11.2. The highest BCUT2D eigenvalue weighted by atomic mass is 35.5. The molecule has 1 fully saturated rings. The summed E-state index contributed by atoms with van der Waals surface area (Å²) in [4.78, 5) is 33.9. The Kier molecular flexibility index (Phi) is 5.41. The van der Waals surface area contributed by atoms with Crippen LogP contribution in [0.4, 0.5) is 11.4 Å². The quantitative estimate of drug-likeness (QED) is 0.570. The van der Waals surface area contributed by atoms with E-state index in [1.54, 1.807) is 46.6 Å². The van der Waals surface area contributed by atoms with Gasteiger partial charge in [0.25, 0.3) is 0 Å². The smallest absolute Gasteiger partial charge is 0.232 e. The van der Waals surface area contributed by atoms with Crippen molar-refractivity contribution in [1.82, 2.24) is 9.55 Å². The second-order valence-corrected chi connectivity index (χ2v) is 9.98. The number of anilines is 2. The largest absolute Gasteiger partial charge is 0.333 e. The van der Waals surface area contributed by atoms with E-state index in [1.807, 2.05) is 16.8 Å². The van der Waals surface area contributed by atoms with Crippen LogP contribution < -0.4 is 9.80 Å². The van der Waals surface area contributed by atoms with Crippen LogP contribution in [0.15, 0.2) is 55.1 Å². The van der Waals surface area contributed by atoms with Gasteiger partial charge in [0.2, 0.25) is 11.8 Å². The van der Waals surface area contributed by atoms with Crippen LogP contribution in [-0.2, 0) is 21.5 Å². The van der Waals surface area contributed by atoms with E-state index in [0.29, 0.717) is 35.9 Å². The summed E-state index contributed by atoms with van der Waals surface area (Å²) < 4.78 is 1.96. The van der Waals surface area contributed by atoms with E-state index in [1.165, 1.54) is 0 Å². The van der Waals surface area contributed by atoms with Gasteiger partial charge >= 0.3 is 0 Å². The fourth-order valence-corrected chi connectivity index (χ4v) is 5.14. The van der Waals surface area contributed by atoms with Crippen molar-refractivity contribution in [1.29, 1.82) is 5.26 Å². The summed E-state index contributed by atoms with van der Waals surface area (Å²) in [6.07, 6.45) is 5.52. The van der Waals surface area contributed by atoms with Crippen LogP contribution >= 0.6 is 11.6 Å². The van der Waals surface area contributed by atoms with Gasteiger partial charge in [-0.15, -0.1) is 0 Å². The molecule has 3 aromatic rings. The maximum Gasteiger partial charge on any atom is 0.232 e. The minimum absolute atomic E-state index is 0.0717. The molecule has 2 amide bonds. The molecule has 0 aliphatic carbocycles. The first-order valence-corrected chi connectivity index (χ1v) is 11.5. The Hall–Kier alpha value is -3.63. The number of carbonyl (C=O) groups is 2. The van der Waals surface area contributed by atoms with Gasteiger partial charge in [-0.1, -0.05) is 31.5 Å². The van der Waals surface area contributed by atoms with Gasteiger partial charge in [0.05, 0.1) is 23.9 Å². The molecule has 1 atom stereocenters. The molecular weight excluding hydrogens is 450 g/mol. The van der Waals surface area contributed by atoms with Gasteiger partial charge in [0.15, 0.2) is 0 Å². The van der Waals surface area contributed by atoms with Gasteiger partial charge in [-0.25, -0.2) is 4.98 Å². The first-order chi connectivity index (χ1) is 16.3. The highest BCUT2D eigenvalue weighted by Gasteiger charge is 2.44. The van der Waals surface area contributed by atoms with Crippen LogP contribution in [-0.4, -0.2) is 34.5 Å². The predicted octanol–water partition coefficient (Wildman–Crippen LogP) is 4.13. The van der Waals surface area contributed by atoms with Gasteiger partial charge in [0.1, 0.15) is 0 Å². The number of imidazole rings is 1. The van der Waals surface area contributed by atoms with Gasteiger partial charge in [0, 0.05) is 60.3 Å². The van der Waals surface area contributed by atoms with E-state index in [4.69, 9.17) is 11.6 Å². The third-order valence-electron chi connectivity index (χ3n) is 6.68. The Morgan fingerprint density at radius 3 is 2.85 bits per heavy atom. The first kappa shape index (κ1) is 22.2. The molecule has 2 aliphatic heterocycles. The van der Waals surface area contributed by atoms with Crippen molar-refractivity contribution in [3.8, 4) is 6.07 Å². The second-order valence-electron chi connectivity index (χ2n) is 9.57. The van der Waals surface area contributed by atoms with Crippen LogP contribution in [0.3, 0.4) is 0 Å². The zero-order chi connectivity index (χ0) is 24.0. The van der Waals surface area contributed by atoms with E-state index in [0.717, 1.165) is 16.8 Å². The van der Waals surface area contributed by atoms with Gasteiger partial charge in [-0.3, -0.25) is 9.59 Å². The number of halogens is 1. The fourth-order valence-electron chi connectivity index (χ4n) is 4.92. The lowest BCUT2D eigenvalue weighted by atomic mass is 9.86. The minimum atomic E-state index is -0.454. The molecule has 3 heterocycles. The van der Waals surface area contributed by atoms with Gasteiger partial charge < -0.3 is 14.4 Å². The van der Waals surface area contributed by atoms with Crippen LogP contribution in [0.2, 0.25) is 5.02 Å². The minimum Gasteiger partial charge on any atom is -0.333 e. The van der Waals surface area contributed by atoms with Crippen LogP contribution in [0.1, 0.15) is 37.0 Å². The summed E-state index contributed by atoms with van der Waals surface area (Å²) in [5, 5.41) is 9.78. The monoisotopic (exact) mass is 473 g/mol. The topological polar surface area (TPSA) is 82.2 Å². The molecule has 0 spiro atoms. The number of nitrogens with zero attached hydrogens (tertiary/aromatic N) is 5. The van der Waals surface area contributed by atoms with E-state index >= 15 is 0 Å². The molecule has 1 aromatic heterocycles. The average molecular weight is 474 g/mol. The van der Waals surface area contributed by atoms with Crippen molar-refractivity contribution in [2.24, 2.45) is 5.92 Å². The summed E-state index contributed by atoms with van der Waals surface area (Å²) in [5.41, 5.74) is 3.74. The van der Waals surface area contributed by atoms with Crippen molar-refractivity contribution in [2.75, 3.05) is 22.9 Å². The number of rotatable bonds is 4. The molecule has 0 saturated carbocycles. The molecule has 1 unspecified atom stereocenters. The molecule has 2 aromatic carbocycles. The van der Waals surface area contributed by atoms with Gasteiger partial charge in [-0.05, 0) is 41.5 Å². The van der Waals surface area contributed by atoms with Crippen molar-refractivity contribution in [3.05, 3.63) is 76.8 Å². The summed E-state index contributed by atoms with van der Waals surface area (Å²) in [7, 11) is 0. The molecule has 34 heavy (non-hydrogen) atoms. The van der Waals surface area contributed by atoms with E-state index in [9.17, 15) is 14.9 Å². The molecule has 1 saturated heterocycles. The Morgan fingerprint density at radius 2 is 2.12 bits per heavy atom. The molecule has 8 heteroatoms. The molecule has 7 nitrogen and oxygen atoms in total. The predicted molar refractivity (Wildman–Crippen MR) is 130 cm³/mol. The third-order valence-corrected chi connectivity index (χ3v) is 7.03. The fraction of sp³-hybridized carbons (Fsp3) is 0.308. The van der Waals surface area contributed by atoms with Crippen LogP contribution in [0, 0.1) is 17.2 Å². The molecule has 5 rings (SSSR count). The van der Waals surface area contributed by atoms with Crippen molar-refractivity contribution in [2.45, 2.75) is 32.2 Å². The van der Waals surface area contributed by atoms with Crippen molar-refractivity contribution >= 4 is 34.8 Å². The standard InChI is InChI=1S/C26H24ClN5O2/c1-26(2)15-32(23-11-22(27)18(9-21(23)26)13-30-7-6-29-16-30)25(34)19-10-24(33)31(14-19)20-5-3-4-17(8-20)12-28/h3-9,11,16,19H,10,13-15H2,1-2H3. The van der Waals surface area contributed by atoms with E-state index < -0.39 is 5.92 Å². The highest BCUT2D eigenvalue weighted by molar-refractivity contribution is 6.31. The zero-order valence-electron chi connectivity index (χ0n) is 19.0.